The van der Waals surface area contributed by atoms with E-state index in [1.807, 2.05) is 0 Å². The monoisotopic (exact) mass is 192 g/mol. The minimum atomic E-state index is -4.43. The molecule has 0 atom stereocenters. The van der Waals surface area contributed by atoms with Crippen molar-refractivity contribution in [3.8, 4) is 0 Å². The summed E-state index contributed by atoms with van der Waals surface area (Å²) in [4.78, 5) is 6.56. The van der Waals surface area contributed by atoms with Crippen LogP contribution in [0.25, 0.3) is 0 Å². The molecule has 0 N–H and O–H groups in total. The second-order valence-corrected chi connectivity index (χ2v) is 2.18. The average Bonchev–Trinajstić information content (AvgIpc) is 2.03. The van der Waals surface area contributed by atoms with Crippen LogP contribution in [0.15, 0.2) is 12.4 Å². The van der Waals surface area contributed by atoms with Crippen molar-refractivity contribution >= 4 is 17.6 Å². The number of halogens is 3. The second-order valence-electron chi connectivity index (χ2n) is 1.94. The van der Waals surface area contributed by atoms with Crippen LogP contribution in [0.5, 0.6) is 0 Å². The first kappa shape index (κ1) is 9.05. The predicted octanol–water partition coefficient (Wildman–Crippen LogP) is 1.84. The van der Waals surface area contributed by atoms with Crippen molar-refractivity contribution in [2.45, 2.75) is 6.18 Å². The van der Waals surface area contributed by atoms with Crippen LogP contribution in [0.1, 0.15) is 11.4 Å². The molecule has 1 aromatic rings. The van der Waals surface area contributed by atoms with Gasteiger partial charge >= 0.3 is 6.18 Å². The normalized spacial score (nSPS) is 11.2. The molecule has 0 aliphatic heterocycles. The number of nitrogens with zero attached hydrogens (tertiary/aromatic N) is 2. The van der Waals surface area contributed by atoms with Crippen molar-refractivity contribution in [1.29, 1.82) is 0 Å². The molecule has 64 valence electrons. The Morgan fingerprint density at radius 1 is 1.33 bits per heavy atom. The summed E-state index contributed by atoms with van der Waals surface area (Å²) in [7, 11) is 0. The molecule has 0 saturated carbocycles. The van der Waals surface area contributed by atoms with E-state index in [2.05, 4.69) is 22.2 Å². The van der Waals surface area contributed by atoms with E-state index in [4.69, 9.17) is 0 Å². The van der Waals surface area contributed by atoms with Gasteiger partial charge in [0, 0.05) is 5.37 Å². The summed E-state index contributed by atoms with van der Waals surface area (Å²) in [5, 5.41) is 1.07. The zero-order chi connectivity index (χ0) is 9.19. The molecular formula is C6H3F3N2S. The third kappa shape index (κ3) is 1.97. The van der Waals surface area contributed by atoms with Crippen LogP contribution in [0.4, 0.5) is 13.2 Å². The van der Waals surface area contributed by atoms with E-state index >= 15 is 0 Å². The van der Waals surface area contributed by atoms with Gasteiger partial charge in [-0.1, -0.05) is 12.2 Å². The molecule has 0 aliphatic rings. The molecule has 0 aliphatic carbocycles. The summed E-state index contributed by atoms with van der Waals surface area (Å²) in [5.41, 5.74) is -0.888. The summed E-state index contributed by atoms with van der Waals surface area (Å²) in [6.07, 6.45) is -3.60. The van der Waals surface area contributed by atoms with Crippen LogP contribution in [-0.4, -0.2) is 15.3 Å². The van der Waals surface area contributed by atoms with Gasteiger partial charge in [0.15, 0.2) is 0 Å². The molecule has 2 nitrogen and oxygen atoms in total. The molecule has 0 amide bonds. The van der Waals surface area contributed by atoms with Gasteiger partial charge < -0.3 is 0 Å². The first-order valence-electron chi connectivity index (χ1n) is 2.88. The van der Waals surface area contributed by atoms with Crippen LogP contribution in [0, 0.1) is 0 Å². The number of hydrogen-bond donors (Lipinski definition) is 0. The molecule has 0 fully saturated rings. The first-order valence-corrected chi connectivity index (χ1v) is 3.35. The highest BCUT2D eigenvalue weighted by Crippen LogP contribution is 2.26. The van der Waals surface area contributed by atoms with E-state index in [1.165, 1.54) is 0 Å². The quantitative estimate of drug-likeness (QED) is 0.635. The molecule has 0 radical (unpaired) electrons. The lowest BCUT2D eigenvalue weighted by molar-refractivity contribution is -0.141. The molecule has 0 bridgehead atoms. The van der Waals surface area contributed by atoms with Crippen molar-refractivity contribution < 1.29 is 13.2 Å². The summed E-state index contributed by atoms with van der Waals surface area (Å²) in [6, 6.07) is 0.799. The number of hydrogen-bond acceptors (Lipinski definition) is 3. The van der Waals surface area contributed by atoms with Gasteiger partial charge in [0.2, 0.25) is 0 Å². The topological polar surface area (TPSA) is 25.8 Å². The van der Waals surface area contributed by atoms with Gasteiger partial charge in [0.25, 0.3) is 0 Å². The molecule has 1 rings (SSSR count). The Labute approximate surface area is 71.5 Å². The van der Waals surface area contributed by atoms with Gasteiger partial charge in [-0.25, -0.2) is 9.97 Å². The van der Waals surface area contributed by atoms with Gasteiger partial charge in [0.1, 0.15) is 12.0 Å². The smallest absolute Gasteiger partial charge is 0.236 e. The fourth-order valence-electron chi connectivity index (χ4n) is 0.592. The molecule has 0 unspecified atom stereocenters. The van der Waals surface area contributed by atoms with Crippen LogP contribution in [0.3, 0.4) is 0 Å². The predicted molar refractivity (Wildman–Crippen MR) is 39.8 cm³/mol. The maximum absolute atomic E-state index is 12.0. The van der Waals surface area contributed by atoms with E-state index in [9.17, 15) is 13.2 Å². The maximum Gasteiger partial charge on any atom is 0.433 e. The molecule has 6 heteroatoms. The van der Waals surface area contributed by atoms with E-state index in [1.54, 1.807) is 0 Å². The Hall–Kier alpha value is -1.04. The minimum Gasteiger partial charge on any atom is -0.236 e. The fraction of sp³-hybridized carbons (Fsp3) is 0.167. The molecule has 0 aromatic carbocycles. The Balaban J connectivity index is 3.10. The van der Waals surface area contributed by atoms with E-state index in [0.29, 0.717) is 0 Å². The zero-order valence-electron chi connectivity index (χ0n) is 5.67. The van der Waals surface area contributed by atoms with Crippen molar-refractivity contribution in [3.05, 3.63) is 23.8 Å². The second kappa shape index (κ2) is 3.14. The van der Waals surface area contributed by atoms with Crippen LogP contribution >= 0.6 is 12.2 Å². The highest BCUT2D eigenvalue weighted by Gasteiger charge is 2.32. The lowest BCUT2D eigenvalue weighted by Gasteiger charge is -2.03. The minimum absolute atomic E-state index is 0.0901. The molecule has 0 spiro atoms. The maximum atomic E-state index is 12.0. The van der Waals surface area contributed by atoms with E-state index in [0.717, 1.165) is 17.8 Å². The highest BCUT2D eigenvalue weighted by atomic mass is 32.1. The average molecular weight is 192 g/mol. The third-order valence-electron chi connectivity index (χ3n) is 1.10. The van der Waals surface area contributed by atoms with Crippen LogP contribution in [-0.2, 0) is 6.18 Å². The number of rotatable bonds is 1. The third-order valence-corrected chi connectivity index (χ3v) is 1.34. The number of aromatic nitrogens is 2. The van der Waals surface area contributed by atoms with Gasteiger partial charge in [0.05, 0.1) is 5.69 Å². The van der Waals surface area contributed by atoms with E-state index < -0.39 is 11.9 Å². The van der Waals surface area contributed by atoms with Crippen molar-refractivity contribution in [2.24, 2.45) is 0 Å². The lowest BCUT2D eigenvalue weighted by atomic mass is 10.3. The van der Waals surface area contributed by atoms with E-state index in [-0.39, 0.29) is 5.69 Å². The van der Waals surface area contributed by atoms with Crippen molar-refractivity contribution in [2.75, 3.05) is 0 Å². The van der Waals surface area contributed by atoms with Crippen LogP contribution < -0.4 is 0 Å². The Morgan fingerprint density at radius 3 is 2.50 bits per heavy atom. The van der Waals surface area contributed by atoms with Gasteiger partial charge in [-0.2, -0.15) is 13.2 Å². The number of alkyl halides is 3. The van der Waals surface area contributed by atoms with Crippen molar-refractivity contribution in [1.82, 2.24) is 9.97 Å². The SMILES string of the molecule is FC(F)(F)c1cc(C=S)ncn1. The summed E-state index contributed by atoms with van der Waals surface area (Å²) in [6.45, 7) is 0. The molecule has 1 aromatic heterocycles. The van der Waals surface area contributed by atoms with Crippen LogP contribution in [0.2, 0.25) is 0 Å². The fourth-order valence-corrected chi connectivity index (χ4v) is 0.721. The molecular weight excluding hydrogens is 189 g/mol. The molecule has 0 saturated heterocycles. The standard InChI is InChI=1S/C6H3F3N2S/c7-6(8,9)5-1-4(2-12)10-3-11-5/h1-3H. The molecule has 12 heavy (non-hydrogen) atoms. The Bertz CT molecular complexity index is 297. The summed E-state index contributed by atoms with van der Waals surface area (Å²) < 4.78 is 35.9. The Morgan fingerprint density at radius 2 is 2.00 bits per heavy atom. The zero-order valence-corrected chi connectivity index (χ0v) is 6.49. The summed E-state index contributed by atoms with van der Waals surface area (Å²) >= 11 is 4.42. The molecule has 1 heterocycles. The largest absolute Gasteiger partial charge is 0.433 e. The van der Waals surface area contributed by atoms with Crippen molar-refractivity contribution in [3.63, 3.8) is 0 Å². The lowest BCUT2D eigenvalue weighted by Crippen LogP contribution is -2.08. The summed E-state index contributed by atoms with van der Waals surface area (Å²) in [5.74, 6) is 0. The Kier molecular flexibility index (Phi) is 2.37. The highest BCUT2D eigenvalue weighted by molar-refractivity contribution is 7.79. The number of thiocarbonyl (C=S) groups is 1. The van der Waals surface area contributed by atoms with Gasteiger partial charge in [-0.05, 0) is 6.07 Å². The van der Waals surface area contributed by atoms with Gasteiger partial charge in [-0.15, -0.1) is 0 Å². The van der Waals surface area contributed by atoms with Gasteiger partial charge in [-0.3, -0.25) is 0 Å². The first-order chi connectivity index (χ1) is 5.54.